The predicted molar refractivity (Wildman–Crippen MR) is 79.2 cm³/mol. The smallest absolute Gasteiger partial charge is 0.120 e. The highest BCUT2D eigenvalue weighted by molar-refractivity contribution is 5.28. The van der Waals surface area contributed by atoms with Gasteiger partial charge in [-0.15, -0.1) is 0 Å². The van der Waals surface area contributed by atoms with Gasteiger partial charge >= 0.3 is 0 Å². The Morgan fingerprint density at radius 1 is 1.30 bits per heavy atom. The van der Waals surface area contributed by atoms with Crippen LogP contribution in [-0.2, 0) is 13.6 Å². The molecule has 1 aromatic rings. The number of fused-ring (bicyclic) bond motifs is 2. The maximum absolute atomic E-state index is 8.99. The average molecular weight is 272 g/mol. The molecule has 0 radical (unpaired) electrons. The van der Waals surface area contributed by atoms with E-state index in [1.165, 1.54) is 37.7 Å². The van der Waals surface area contributed by atoms with Crippen LogP contribution in [0.1, 0.15) is 43.4 Å². The predicted octanol–water partition coefficient (Wildman–Crippen LogP) is 2.00. The van der Waals surface area contributed by atoms with E-state index in [9.17, 15) is 0 Å². The lowest BCUT2D eigenvalue weighted by Gasteiger charge is -2.47. The highest BCUT2D eigenvalue weighted by Crippen LogP contribution is 2.32. The van der Waals surface area contributed by atoms with Crippen LogP contribution in [-0.4, -0.2) is 34.6 Å². The first-order valence-corrected chi connectivity index (χ1v) is 7.68. The number of hydrogen-bond donors (Lipinski definition) is 1. The third-order valence-electron chi connectivity index (χ3n) is 5.11. The van der Waals surface area contributed by atoms with Crippen molar-refractivity contribution in [3.05, 3.63) is 23.5 Å². The van der Waals surface area contributed by atoms with Gasteiger partial charge in [-0.1, -0.05) is 6.42 Å². The zero-order valence-electron chi connectivity index (χ0n) is 12.5. The summed E-state index contributed by atoms with van der Waals surface area (Å²) in [5.41, 5.74) is 1.95. The van der Waals surface area contributed by atoms with Crippen molar-refractivity contribution in [1.29, 1.82) is 5.26 Å². The van der Waals surface area contributed by atoms with E-state index in [4.69, 9.17) is 5.26 Å². The number of nitrogens with one attached hydrogen (secondary N) is 1. The van der Waals surface area contributed by atoms with Crippen molar-refractivity contribution >= 4 is 0 Å². The average Bonchev–Trinajstić information content (AvgIpc) is 2.77. The van der Waals surface area contributed by atoms with Gasteiger partial charge in [0.25, 0.3) is 0 Å². The van der Waals surface area contributed by atoms with Crippen LogP contribution in [0, 0.1) is 11.3 Å². The molecule has 0 spiro atoms. The molecule has 0 aromatic carbocycles. The van der Waals surface area contributed by atoms with Gasteiger partial charge in [-0.25, -0.2) is 0 Å². The Morgan fingerprint density at radius 3 is 2.60 bits per heavy atom. The van der Waals surface area contributed by atoms with Crippen LogP contribution in [0.25, 0.3) is 0 Å². The molecule has 2 unspecified atom stereocenters. The van der Waals surface area contributed by atoms with E-state index in [2.05, 4.69) is 29.5 Å². The van der Waals surface area contributed by atoms with Gasteiger partial charge in [-0.3, -0.25) is 0 Å². The van der Waals surface area contributed by atoms with Gasteiger partial charge in [-0.2, -0.15) is 5.26 Å². The summed E-state index contributed by atoms with van der Waals surface area (Å²) in [6.07, 6.45) is 8.71. The number of nitriles is 1. The van der Waals surface area contributed by atoms with Gasteiger partial charge in [0, 0.05) is 37.9 Å². The third-order valence-corrected chi connectivity index (χ3v) is 5.11. The van der Waals surface area contributed by atoms with Crippen molar-refractivity contribution in [1.82, 2.24) is 14.8 Å². The van der Waals surface area contributed by atoms with Crippen molar-refractivity contribution in [3.63, 3.8) is 0 Å². The molecule has 2 aliphatic heterocycles. The Labute approximate surface area is 121 Å². The second kappa shape index (κ2) is 5.59. The Hall–Kier alpha value is -1.31. The minimum atomic E-state index is 0.632. The molecule has 0 aliphatic carbocycles. The first-order chi connectivity index (χ1) is 9.67. The van der Waals surface area contributed by atoms with Crippen molar-refractivity contribution in [2.45, 2.75) is 56.8 Å². The fraction of sp³-hybridized carbons (Fsp3) is 0.688. The Morgan fingerprint density at radius 2 is 2.00 bits per heavy atom. The Kier molecular flexibility index (Phi) is 3.82. The first kappa shape index (κ1) is 13.7. The van der Waals surface area contributed by atoms with Crippen molar-refractivity contribution < 1.29 is 0 Å². The van der Waals surface area contributed by atoms with E-state index in [1.54, 1.807) is 0 Å². The second-order valence-electron chi connectivity index (χ2n) is 6.41. The zero-order valence-corrected chi connectivity index (χ0v) is 12.5. The molecule has 2 aliphatic rings. The largest absolute Gasteiger partial charge is 0.342 e. The van der Waals surface area contributed by atoms with Crippen LogP contribution in [0.3, 0.4) is 0 Å². The molecule has 2 atom stereocenters. The lowest BCUT2D eigenvalue weighted by atomic mass is 9.82. The highest BCUT2D eigenvalue weighted by Gasteiger charge is 2.35. The molecule has 1 aromatic heterocycles. The van der Waals surface area contributed by atoms with Gasteiger partial charge in [-0.05, 0) is 44.4 Å². The molecule has 2 saturated heterocycles. The molecule has 0 amide bonds. The van der Waals surface area contributed by atoms with Crippen LogP contribution in [0.15, 0.2) is 12.3 Å². The fourth-order valence-electron chi connectivity index (χ4n) is 3.89. The maximum Gasteiger partial charge on any atom is 0.120 e. The van der Waals surface area contributed by atoms with E-state index in [0.29, 0.717) is 6.04 Å². The monoisotopic (exact) mass is 272 g/mol. The summed E-state index contributed by atoms with van der Waals surface area (Å²) in [6, 6.07) is 6.38. The quantitative estimate of drug-likeness (QED) is 0.915. The molecule has 0 saturated carbocycles. The van der Waals surface area contributed by atoms with Crippen molar-refractivity contribution in [3.8, 4) is 6.07 Å². The maximum atomic E-state index is 8.99. The molecular weight excluding hydrogens is 248 g/mol. The van der Waals surface area contributed by atoms with Gasteiger partial charge in [0.1, 0.15) is 11.8 Å². The van der Waals surface area contributed by atoms with E-state index in [0.717, 1.165) is 24.3 Å². The number of hydrogen-bond acceptors (Lipinski definition) is 3. The van der Waals surface area contributed by atoms with Gasteiger partial charge in [0.2, 0.25) is 0 Å². The third kappa shape index (κ3) is 2.61. The Bertz CT molecular complexity index is 499. The summed E-state index contributed by atoms with van der Waals surface area (Å²) in [4.78, 5) is 2.60. The first-order valence-electron chi connectivity index (χ1n) is 7.68. The lowest BCUT2D eigenvalue weighted by Crippen LogP contribution is -2.54. The number of aryl methyl sites for hydroxylation is 1. The summed E-state index contributed by atoms with van der Waals surface area (Å²) in [5, 5.41) is 12.7. The normalized spacial score (nSPS) is 30.1. The lowest BCUT2D eigenvalue weighted by molar-refractivity contribution is 0.0482. The summed E-state index contributed by atoms with van der Waals surface area (Å²) in [7, 11) is 4.23. The molecule has 108 valence electrons. The van der Waals surface area contributed by atoms with Crippen LogP contribution in [0.2, 0.25) is 0 Å². The molecular formula is C16H24N4. The van der Waals surface area contributed by atoms with Crippen LogP contribution in [0.4, 0.5) is 0 Å². The van der Waals surface area contributed by atoms with Gasteiger partial charge in [0.05, 0.1) is 0 Å². The van der Waals surface area contributed by atoms with Gasteiger partial charge < -0.3 is 14.8 Å². The summed E-state index contributed by atoms with van der Waals surface area (Å²) in [6.45, 7) is 0.878. The van der Waals surface area contributed by atoms with E-state index in [1.807, 2.05) is 17.7 Å². The van der Waals surface area contributed by atoms with Crippen molar-refractivity contribution in [2.24, 2.45) is 7.05 Å². The SMILES string of the molecule is CN1C2CCCC1CC(NCc1cc(C#N)n(C)c1)C2. The number of aromatic nitrogens is 1. The number of rotatable bonds is 3. The van der Waals surface area contributed by atoms with Crippen molar-refractivity contribution in [2.75, 3.05) is 7.05 Å². The van der Waals surface area contributed by atoms with E-state index in [-0.39, 0.29) is 0 Å². The fourth-order valence-corrected chi connectivity index (χ4v) is 3.89. The standard InChI is InChI=1S/C16H24N4/c1-19-11-12(6-16(19)9-17)10-18-13-7-14-4-3-5-15(8-13)20(14)2/h6,11,13-15,18H,3-5,7-8,10H2,1-2H3. The second-order valence-corrected chi connectivity index (χ2v) is 6.41. The highest BCUT2D eigenvalue weighted by atomic mass is 15.2. The zero-order chi connectivity index (χ0) is 14.1. The van der Waals surface area contributed by atoms with Crippen LogP contribution >= 0.6 is 0 Å². The molecule has 3 heterocycles. The Balaban J connectivity index is 1.57. The van der Waals surface area contributed by atoms with Gasteiger partial charge in [0.15, 0.2) is 0 Å². The van der Waals surface area contributed by atoms with E-state index < -0.39 is 0 Å². The van der Waals surface area contributed by atoms with Crippen LogP contribution in [0.5, 0.6) is 0 Å². The summed E-state index contributed by atoms with van der Waals surface area (Å²) >= 11 is 0. The molecule has 1 N–H and O–H groups in total. The topological polar surface area (TPSA) is 44.0 Å². The molecule has 20 heavy (non-hydrogen) atoms. The molecule has 2 fully saturated rings. The molecule has 4 heteroatoms. The summed E-state index contributed by atoms with van der Waals surface area (Å²) < 4.78 is 1.90. The molecule has 3 rings (SSSR count). The number of piperidine rings is 2. The van der Waals surface area contributed by atoms with Crippen LogP contribution < -0.4 is 5.32 Å². The minimum absolute atomic E-state index is 0.632. The van der Waals surface area contributed by atoms with E-state index >= 15 is 0 Å². The minimum Gasteiger partial charge on any atom is -0.342 e. The summed E-state index contributed by atoms with van der Waals surface area (Å²) in [5.74, 6) is 0. The number of nitrogens with zero attached hydrogens (tertiary/aromatic N) is 3. The molecule has 2 bridgehead atoms. The molecule has 4 nitrogen and oxygen atoms in total.